The van der Waals surface area contributed by atoms with Crippen molar-refractivity contribution in [3.63, 3.8) is 0 Å². The van der Waals surface area contributed by atoms with Crippen molar-refractivity contribution in [1.29, 1.82) is 0 Å². The van der Waals surface area contributed by atoms with Crippen molar-refractivity contribution in [2.24, 2.45) is 0 Å². The molecule has 0 fully saturated rings. The fraction of sp³-hybridized carbons (Fsp3) is 0.929. The van der Waals surface area contributed by atoms with Crippen LogP contribution >= 0.6 is 7.60 Å². The molecule has 0 N–H and O–H groups in total. The second-order valence-corrected chi connectivity index (χ2v) is 6.71. The smallest absolute Gasteiger partial charge is 0.434 e. The van der Waals surface area contributed by atoms with Crippen LogP contribution in [0.15, 0.2) is 0 Å². The molecule has 0 saturated carbocycles. The first-order valence-electron chi connectivity index (χ1n) is 7.75. The van der Waals surface area contributed by atoms with Crippen LogP contribution in [0, 0.1) is 0 Å². The van der Waals surface area contributed by atoms with Crippen LogP contribution in [0.5, 0.6) is 0 Å². The molecule has 0 aromatic carbocycles. The first-order valence-corrected chi connectivity index (χ1v) is 9.48. The third-order valence-corrected chi connectivity index (χ3v) is 4.23. The Morgan fingerprint density at radius 1 is 0.810 bits per heavy atom. The minimum Gasteiger partial charge on any atom is -0.434 e. The maximum atomic E-state index is 12.4. The molecule has 0 aromatic heterocycles. The topological polar surface area (TPSA) is 71.1 Å². The number of unbranched alkanes of at least 4 members (excludes halogenated alkanes) is 3. The summed E-state index contributed by atoms with van der Waals surface area (Å²) in [4.78, 5) is 11.3. The highest BCUT2D eigenvalue weighted by atomic mass is 31.2. The summed E-state index contributed by atoms with van der Waals surface area (Å²) in [5, 5.41) is 0. The van der Waals surface area contributed by atoms with E-state index in [1.165, 1.54) is 0 Å². The molecule has 0 aliphatic rings. The van der Waals surface area contributed by atoms with Crippen LogP contribution in [0.3, 0.4) is 0 Å². The molecule has 0 radical (unpaired) electrons. The third kappa shape index (κ3) is 11.7. The van der Waals surface area contributed by atoms with Crippen LogP contribution in [-0.4, -0.2) is 32.3 Å². The molecule has 0 saturated heterocycles. The summed E-state index contributed by atoms with van der Waals surface area (Å²) in [6.45, 7) is 6.96. The lowest BCUT2D eigenvalue weighted by atomic mass is 10.4. The highest BCUT2D eigenvalue weighted by Crippen LogP contribution is 2.48. The van der Waals surface area contributed by atoms with Gasteiger partial charge in [0.05, 0.1) is 19.8 Å². The summed E-state index contributed by atoms with van der Waals surface area (Å²) < 4.78 is 32.7. The molecule has 21 heavy (non-hydrogen) atoms. The SMILES string of the molecule is CCCCOC(=O)OCP(=O)(OCCCC)OCCCC. The third-order valence-electron chi connectivity index (χ3n) is 2.63. The molecule has 126 valence electrons. The van der Waals surface area contributed by atoms with Crippen molar-refractivity contribution in [1.82, 2.24) is 0 Å². The Kier molecular flexibility index (Phi) is 12.7. The first-order chi connectivity index (χ1) is 10.1. The summed E-state index contributed by atoms with van der Waals surface area (Å²) in [7, 11) is -3.39. The maximum absolute atomic E-state index is 12.4. The number of carbonyl (C=O) groups is 1. The standard InChI is InChI=1S/C14H29O6P/c1-4-7-10-17-14(15)18-13-21(16,19-11-8-5-2)20-12-9-6-3/h4-13H2,1-3H3. The van der Waals surface area contributed by atoms with E-state index in [9.17, 15) is 9.36 Å². The minimum atomic E-state index is -3.39. The normalized spacial score (nSPS) is 11.4. The Bertz CT molecular complexity index is 294. The zero-order valence-electron chi connectivity index (χ0n) is 13.5. The monoisotopic (exact) mass is 324 g/mol. The van der Waals surface area contributed by atoms with Crippen molar-refractivity contribution in [3.05, 3.63) is 0 Å². The fourth-order valence-corrected chi connectivity index (χ4v) is 2.58. The highest BCUT2D eigenvalue weighted by molar-refractivity contribution is 7.53. The number of hydrogen-bond acceptors (Lipinski definition) is 6. The Morgan fingerprint density at radius 2 is 1.29 bits per heavy atom. The molecular weight excluding hydrogens is 295 g/mol. The largest absolute Gasteiger partial charge is 0.508 e. The average Bonchev–Trinajstić information content (AvgIpc) is 2.46. The Hall–Kier alpha value is -0.580. The van der Waals surface area contributed by atoms with Crippen molar-refractivity contribution < 1.29 is 27.9 Å². The summed E-state index contributed by atoms with van der Waals surface area (Å²) in [6, 6.07) is 0. The second kappa shape index (κ2) is 13.1. The zero-order chi connectivity index (χ0) is 16.0. The van der Waals surface area contributed by atoms with Gasteiger partial charge >= 0.3 is 13.8 Å². The van der Waals surface area contributed by atoms with Crippen molar-refractivity contribution in [2.75, 3.05) is 26.2 Å². The molecular formula is C14H29O6P. The molecule has 0 aliphatic heterocycles. The predicted molar refractivity (Wildman–Crippen MR) is 81.5 cm³/mol. The van der Waals surface area contributed by atoms with E-state index in [1.807, 2.05) is 20.8 Å². The average molecular weight is 324 g/mol. The molecule has 7 heteroatoms. The van der Waals surface area contributed by atoms with Gasteiger partial charge in [-0.05, 0) is 19.3 Å². The van der Waals surface area contributed by atoms with E-state index >= 15 is 0 Å². The van der Waals surface area contributed by atoms with E-state index in [1.54, 1.807) is 0 Å². The molecule has 0 amide bonds. The molecule has 0 atom stereocenters. The number of ether oxygens (including phenoxy) is 2. The summed E-state index contributed by atoms with van der Waals surface area (Å²) >= 11 is 0. The van der Waals surface area contributed by atoms with Gasteiger partial charge in [0.1, 0.15) is 0 Å². The van der Waals surface area contributed by atoms with Gasteiger partial charge < -0.3 is 18.5 Å². The van der Waals surface area contributed by atoms with Gasteiger partial charge in [0.25, 0.3) is 0 Å². The van der Waals surface area contributed by atoms with Gasteiger partial charge in [0.15, 0.2) is 6.35 Å². The van der Waals surface area contributed by atoms with Gasteiger partial charge in [-0.2, -0.15) is 0 Å². The molecule has 0 aromatic rings. The first kappa shape index (κ1) is 20.4. The predicted octanol–water partition coefficient (Wildman–Crippen LogP) is 4.72. The molecule has 0 heterocycles. The lowest BCUT2D eigenvalue weighted by Gasteiger charge is -2.18. The van der Waals surface area contributed by atoms with Crippen molar-refractivity contribution in [3.8, 4) is 0 Å². The van der Waals surface area contributed by atoms with E-state index in [0.29, 0.717) is 19.8 Å². The van der Waals surface area contributed by atoms with Gasteiger partial charge in [-0.25, -0.2) is 4.79 Å². The van der Waals surface area contributed by atoms with E-state index in [4.69, 9.17) is 18.5 Å². The summed E-state index contributed by atoms with van der Waals surface area (Å²) in [5.41, 5.74) is 0. The number of rotatable bonds is 13. The van der Waals surface area contributed by atoms with Crippen LogP contribution < -0.4 is 0 Å². The molecule has 6 nitrogen and oxygen atoms in total. The maximum Gasteiger partial charge on any atom is 0.508 e. The van der Waals surface area contributed by atoms with Gasteiger partial charge in [-0.15, -0.1) is 0 Å². The molecule has 0 bridgehead atoms. The van der Waals surface area contributed by atoms with Crippen LogP contribution in [-0.2, 0) is 23.1 Å². The lowest BCUT2D eigenvalue weighted by Crippen LogP contribution is -2.12. The molecule has 0 rings (SSSR count). The van der Waals surface area contributed by atoms with E-state index in [2.05, 4.69) is 0 Å². The number of carbonyl (C=O) groups excluding carboxylic acids is 1. The van der Waals surface area contributed by atoms with Crippen LogP contribution in [0.4, 0.5) is 4.79 Å². The Morgan fingerprint density at radius 3 is 1.76 bits per heavy atom. The van der Waals surface area contributed by atoms with Gasteiger partial charge in [0.2, 0.25) is 0 Å². The van der Waals surface area contributed by atoms with Crippen molar-refractivity contribution >= 4 is 13.8 Å². The van der Waals surface area contributed by atoms with E-state index < -0.39 is 20.1 Å². The van der Waals surface area contributed by atoms with E-state index in [0.717, 1.165) is 38.5 Å². The van der Waals surface area contributed by atoms with Crippen LogP contribution in [0.1, 0.15) is 59.3 Å². The summed E-state index contributed by atoms with van der Waals surface area (Å²) in [6.07, 6.45) is 3.87. The van der Waals surface area contributed by atoms with Gasteiger partial charge in [-0.1, -0.05) is 40.0 Å². The quantitative estimate of drug-likeness (QED) is 0.277. The minimum absolute atomic E-state index is 0.299. The molecule has 0 unspecified atom stereocenters. The van der Waals surface area contributed by atoms with Crippen LogP contribution in [0.25, 0.3) is 0 Å². The highest BCUT2D eigenvalue weighted by Gasteiger charge is 2.27. The van der Waals surface area contributed by atoms with Crippen molar-refractivity contribution in [2.45, 2.75) is 59.3 Å². The van der Waals surface area contributed by atoms with Crippen LogP contribution in [0.2, 0.25) is 0 Å². The molecule has 0 aliphatic carbocycles. The Balaban J connectivity index is 4.18. The fourth-order valence-electron chi connectivity index (χ4n) is 1.28. The second-order valence-electron chi connectivity index (χ2n) is 4.71. The van der Waals surface area contributed by atoms with Gasteiger partial charge in [-0.3, -0.25) is 4.57 Å². The zero-order valence-corrected chi connectivity index (χ0v) is 14.4. The van der Waals surface area contributed by atoms with Gasteiger partial charge in [0, 0.05) is 0 Å². The Labute approximate surface area is 128 Å². The van der Waals surface area contributed by atoms with E-state index in [-0.39, 0.29) is 0 Å². The lowest BCUT2D eigenvalue weighted by molar-refractivity contribution is 0.0584. The molecule has 0 spiro atoms. The number of hydrogen-bond donors (Lipinski definition) is 0. The summed E-state index contributed by atoms with van der Waals surface area (Å²) in [5.74, 6) is 0.